The van der Waals surface area contributed by atoms with Crippen LogP contribution < -0.4 is 5.32 Å². The molecule has 0 radical (unpaired) electrons. The first kappa shape index (κ1) is 13.3. The average molecular weight is 279 g/mol. The van der Waals surface area contributed by atoms with Crippen LogP contribution in [0.4, 0.5) is 14.5 Å². The van der Waals surface area contributed by atoms with Gasteiger partial charge in [-0.3, -0.25) is 0 Å². The molecule has 0 aliphatic heterocycles. The fourth-order valence-corrected chi connectivity index (χ4v) is 1.74. The highest BCUT2D eigenvalue weighted by Crippen LogP contribution is 2.20. The Morgan fingerprint density at radius 1 is 1.11 bits per heavy atom. The topological polar surface area (TPSA) is 35.8 Å². The van der Waals surface area contributed by atoms with Crippen LogP contribution >= 0.6 is 11.6 Å². The molecule has 5 heteroatoms. The van der Waals surface area contributed by atoms with Crippen LogP contribution in [-0.4, -0.2) is 0 Å². The second-order valence-electron chi connectivity index (χ2n) is 3.90. The van der Waals surface area contributed by atoms with Crippen molar-refractivity contribution < 1.29 is 8.78 Å². The van der Waals surface area contributed by atoms with E-state index in [0.717, 1.165) is 0 Å². The fraction of sp³-hybridized carbons (Fsp3) is 0.0714. The van der Waals surface area contributed by atoms with Gasteiger partial charge in [0.1, 0.15) is 11.6 Å². The molecule has 0 aromatic heterocycles. The van der Waals surface area contributed by atoms with Crippen LogP contribution in [0.25, 0.3) is 0 Å². The minimum atomic E-state index is -0.503. The lowest BCUT2D eigenvalue weighted by atomic mass is 10.1. The Morgan fingerprint density at radius 2 is 1.89 bits per heavy atom. The number of nitriles is 1. The largest absolute Gasteiger partial charge is 0.381 e. The summed E-state index contributed by atoms with van der Waals surface area (Å²) in [5, 5.41) is 11.6. The molecule has 2 aromatic carbocycles. The van der Waals surface area contributed by atoms with E-state index in [-0.39, 0.29) is 17.1 Å². The Balaban J connectivity index is 2.10. The molecule has 0 amide bonds. The summed E-state index contributed by atoms with van der Waals surface area (Å²) >= 11 is 5.64. The van der Waals surface area contributed by atoms with E-state index >= 15 is 0 Å². The summed E-state index contributed by atoms with van der Waals surface area (Å²) in [6, 6.07) is 10.3. The van der Waals surface area contributed by atoms with E-state index < -0.39 is 11.6 Å². The Morgan fingerprint density at radius 3 is 2.53 bits per heavy atom. The summed E-state index contributed by atoms with van der Waals surface area (Å²) < 4.78 is 26.6. The highest BCUT2D eigenvalue weighted by Gasteiger charge is 2.05. The molecular formula is C14H9ClF2N2. The molecule has 0 saturated heterocycles. The second-order valence-corrected chi connectivity index (χ2v) is 4.31. The van der Waals surface area contributed by atoms with Crippen LogP contribution in [0.3, 0.4) is 0 Å². The first-order chi connectivity index (χ1) is 9.10. The number of halogens is 3. The molecule has 0 saturated carbocycles. The van der Waals surface area contributed by atoms with Crippen molar-refractivity contribution in [1.82, 2.24) is 0 Å². The standard InChI is InChI=1S/C14H9ClF2N2/c15-12-6-11(3-4-13(12)16)19-8-10-2-1-9(7-18)5-14(10)17/h1-6,19H,8H2. The molecule has 0 aliphatic carbocycles. The van der Waals surface area contributed by atoms with Crippen molar-refractivity contribution in [2.24, 2.45) is 0 Å². The monoisotopic (exact) mass is 278 g/mol. The van der Waals surface area contributed by atoms with Gasteiger partial charge in [0.15, 0.2) is 0 Å². The minimum Gasteiger partial charge on any atom is -0.381 e. The first-order valence-electron chi connectivity index (χ1n) is 5.47. The maximum Gasteiger partial charge on any atom is 0.141 e. The summed E-state index contributed by atoms with van der Waals surface area (Å²) in [4.78, 5) is 0. The summed E-state index contributed by atoms with van der Waals surface area (Å²) in [7, 11) is 0. The molecule has 2 aromatic rings. The van der Waals surface area contributed by atoms with Gasteiger partial charge < -0.3 is 5.32 Å². The molecular weight excluding hydrogens is 270 g/mol. The average Bonchev–Trinajstić information content (AvgIpc) is 2.41. The third kappa shape index (κ3) is 3.21. The number of benzene rings is 2. The quantitative estimate of drug-likeness (QED) is 0.917. The van der Waals surface area contributed by atoms with Gasteiger partial charge in [0, 0.05) is 17.8 Å². The third-order valence-electron chi connectivity index (χ3n) is 2.58. The second kappa shape index (κ2) is 5.68. The minimum absolute atomic E-state index is 0.00491. The maximum atomic E-state index is 13.6. The summed E-state index contributed by atoms with van der Waals surface area (Å²) in [5.41, 5.74) is 1.28. The molecule has 19 heavy (non-hydrogen) atoms. The zero-order valence-electron chi connectivity index (χ0n) is 9.75. The number of rotatable bonds is 3. The van der Waals surface area contributed by atoms with Crippen LogP contribution in [0, 0.1) is 23.0 Å². The van der Waals surface area contributed by atoms with Gasteiger partial charge in [-0.05, 0) is 30.3 Å². The molecule has 0 heterocycles. The summed E-state index contributed by atoms with van der Waals surface area (Å²) in [5.74, 6) is -0.962. The van der Waals surface area contributed by atoms with Gasteiger partial charge >= 0.3 is 0 Å². The van der Waals surface area contributed by atoms with Crippen LogP contribution in [0.5, 0.6) is 0 Å². The molecule has 1 N–H and O–H groups in total. The lowest BCUT2D eigenvalue weighted by Gasteiger charge is -2.08. The Labute approximate surface area is 114 Å². The Bertz CT molecular complexity index is 650. The SMILES string of the molecule is N#Cc1ccc(CNc2ccc(F)c(Cl)c2)c(F)c1. The van der Waals surface area contributed by atoms with E-state index in [1.54, 1.807) is 0 Å². The van der Waals surface area contributed by atoms with E-state index in [1.807, 2.05) is 6.07 Å². The molecule has 2 rings (SSSR count). The Kier molecular flexibility index (Phi) is 3.98. The highest BCUT2D eigenvalue weighted by molar-refractivity contribution is 6.31. The van der Waals surface area contributed by atoms with Gasteiger partial charge in [-0.15, -0.1) is 0 Å². The molecule has 0 aliphatic rings. The van der Waals surface area contributed by atoms with Crippen molar-refractivity contribution in [1.29, 1.82) is 5.26 Å². The van der Waals surface area contributed by atoms with Gasteiger partial charge in [0.2, 0.25) is 0 Å². The molecule has 2 nitrogen and oxygen atoms in total. The van der Waals surface area contributed by atoms with Crippen LogP contribution in [0.2, 0.25) is 5.02 Å². The number of hydrogen-bond donors (Lipinski definition) is 1. The van der Waals surface area contributed by atoms with Crippen molar-refractivity contribution in [3.8, 4) is 6.07 Å². The van der Waals surface area contributed by atoms with Gasteiger partial charge in [-0.1, -0.05) is 17.7 Å². The predicted octanol–water partition coefficient (Wildman–Crippen LogP) is 4.10. The molecule has 96 valence electrons. The summed E-state index contributed by atoms with van der Waals surface area (Å²) in [6.45, 7) is 0.222. The Hall–Kier alpha value is -2.12. The first-order valence-corrected chi connectivity index (χ1v) is 5.85. The summed E-state index contributed by atoms with van der Waals surface area (Å²) in [6.07, 6.45) is 0. The predicted molar refractivity (Wildman–Crippen MR) is 69.9 cm³/mol. The molecule has 0 spiro atoms. The van der Waals surface area contributed by atoms with E-state index in [0.29, 0.717) is 11.3 Å². The van der Waals surface area contributed by atoms with Crippen LogP contribution in [-0.2, 0) is 6.54 Å². The van der Waals surface area contributed by atoms with E-state index in [2.05, 4.69) is 5.32 Å². The number of hydrogen-bond acceptors (Lipinski definition) is 2. The van der Waals surface area contributed by atoms with Gasteiger partial charge in [-0.25, -0.2) is 8.78 Å². The number of nitrogens with one attached hydrogen (secondary N) is 1. The van der Waals surface area contributed by atoms with Crippen molar-refractivity contribution >= 4 is 17.3 Å². The van der Waals surface area contributed by atoms with Gasteiger partial charge in [-0.2, -0.15) is 5.26 Å². The van der Waals surface area contributed by atoms with E-state index in [1.165, 1.54) is 36.4 Å². The molecule has 0 bridgehead atoms. The van der Waals surface area contributed by atoms with Crippen LogP contribution in [0.15, 0.2) is 36.4 Å². The molecule has 0 atom stereocenters. The lowest BCUT2D eigenvalue weighted by molar-refractivity contribution is 0.612. The van der Waals surface area contributed by atoms with Crippen LogP contribution in [0.1, 0.15) is 11.1 Å². The highest BCUT2D eigenvalue weighted by atomic mass is 35.5. The van der Waals surface area contributed by atoms with Gasteiger partial charge in [0.05, 0.1) is 16.7 Å². The zero-order valence-corrected chi connectivity index (χ0v) is 10.5. The zero-order chi connectivity index (χ0) is 13.8. The smallest absolute Gasteiger partial charge is 0.141 e. The van der Waals surface area contributed by atoms with Crippen molar-refractivity contribution in [2.45, 2.75) is 6.54 Å². The number of anilines is 1. The van der Waals surface area contributed by atoms with Crippen molar-refractivity contribution in [3.05, 3.63) is 64.2 Å². The normalized spacial score (nSPS) is 10.0. The maximum absolute atomic E-state index is 13.6. The fourth-order valence-electron chi connectivity index (χ4n) is 1.56. The molecule has 0 fully saturated rings. The molecule has 0 unspecified atom stereocenters. The van der Waals surface area contributed by atoms with E-state index in [9.17, 15) is 8.78 Å². The third-order valence-corrected chi connectivity index (χ3v) is 2.87. The number of nitrogens with zero attached hydrogens (tertiary/aromatic N) is 1. The lowest BCUT2D eigenvalue weighted by Crippen LogP contribution is -2.02. The van der Waals surface area contributed by atoms with E-state index in [4.69, 9.17) is 16.9 Å². The van der Waals surface area contributed by atoms with Gasteiger partial charge in [0.25, 0.3) is 0 Å². The van der Waals surface area contributed by atoms with Crippen molar-refractivity contribution in [3.63, 3.8) is 0 Å². The van der Waals surface area contributed by atoms with Crippen molar-refractivity contribution in [2.75, 3.05) is 5.32 Å².